The van der Waals surface area contributed by atoms with Gasteiger partial charge in [0.05, 0.1) is 5.52 Å². The molecule has 5 nitrogen and oxygen atoms in total. The van der Waals surface area contributed by atoms with E-state index in [9.17, 15) is 4.79 Å². The highest BCUT2D eigenvalue weighted by Crippen LogP contribution is 2.14. The van der Waals surface area contributed by atoms with Crippen LogP contribution in [0.3, 0.4) is 0 Å². The molecule has 96 valence electrons. The number of benzene rings is 1. The summed E-state index contributed by atoms with van der Waals surface area (Å²) in [6.45, 7) is 3.18. The molecule has 0 radical (unpaired) electrons. The van der Waals surface area contributed by atoms with E-state index in [0.29, 0.717) is 11.6 Å². The lowest BCUT2D eigenvalue weighted by molar-refractivity contribution is 0.238. The molecule has 5 heteroatoms. The standard InChI is InChI=1S/C13H17N3O2/c1-16-5-4-14-10(8-16)6-9-2-3-11-12(7-9)18-13(17)15-11/h2-3,7,10,14H,4-6,8H2,1H3,(H,15,17). The largest absolute Gasteiger partial charge is 0.417 e. The van der Waals surface area contributed by atoms with Gasteiger partial charge in [0, 0.05) is 25.7 Å². The summed E-state index contributed by atoms with van der Waals surface area (Å²) >= 11 is 0. The van der Waals surface area contributed by atoms with Crippen LogP contribution in [0.1, 0.15) is 5.56 Å². The first-order chi connectivity index (χ1) is 8.70. The Kier molecular flexibility index (Phi) is 2.93. The lowest BCUT2D eigenvalue weighted by Gasteiger charge is -2.30. The lowest BCUT2D eigenvalue weighted by atomic mass is 10.0. The minimum Gasteiger partial charge on any atom is -0.408 e. The molecule has 1 saturated heterocycles. The summed E-state index contributed by atoms with van der Waals surface area (Å²) in [7, 11) is 2.14. The molecule has 1 fully saturated rings. The molecule has 2 aromatic rings. The Morgan fingerprint density at radius 2 is 2.39 bits per heavy atom. The van der Waals surface area contributed by atoms with Gasteiger partial charge in [-0.05, 0) is 31.2 Å². The second-order valence-corrected chi connectivity index (χ2v) is 4.96. The maximum Gasteiger partial charge on any atom is 0.417 e. The number of likely N-dealkylation sites (N-methyl/N-ethyl adjacent to an activating group) is 1. The molecule has 1 aromatic heterocycles. The third-order valence-corrected chi connectivity index (χ3v) is 3.43. The maximum atomic E-state index is 11.1. The molecule has 1 aliphatic rings. The molecule has 2 N–H and O–H groups in total. The van der Waals surface area contributed by atoms with Gasteiger partial charge in [-0.3, -0.25) is 4.98 Å². The quantitative estimate of drug-likeness (QED) is 0.814. The Morgan fingerprint density at radius 1 is 1.50 bits per heavy atom. The average Bonchev–Trinajstić information content (AvgIpc) is 2.68. The van der Waals surface area contributed by atoms with Crippen molar-refractivity contribution in [1.82, 2.24) is 15.2 Å². The Morgan fingerprint density at radius 3 is 3.22 bits per heavy atom. The van der Waals surface area contributed by atoms with Crippen molar-refractivity contribution in [3.05, 3.63) is 34.3 Å². The lowest BCUT2D eigenvalue weighted by Crippen LogP contribution is -2.49. The van der Waals surface area contributed by atoms with Crippen molar-refractivity contribution in [2.45, 2.75) is 12.5 Å². The van der Waals surface area contributed by atoms with Crippen LogP contribution in [0.4, 0.5) is 0 Å². The van der Waals surface area contributed by atoms with Crippen molar-refractivity contribution in [2.75, 3.05) is 26.7 Å². The minimum absolute atomic E-state index is 0.391. The summed E-state index contributed by atoms with van der Waals surface area (Å²) in [4.78, 5) is 16.1. The fourth-order valence-electron chi connectivity index (χ4n) is 2.53. The van der Waals surface area contributed by atoms with Gasteiger partial charge in [0.2, 0.25) is 0 Å². The number of nitrogens with zero attached hydrogens (tertiary/aromatic N) is 1. The maximum absolute atomic E-state index is 11.1. The zero-order valence-corrected chi connectivity index (χ0v) is 10.4. The fourth-order valence-corrected chi connectivity index (χ4v) is 2.53. The number of fused-ring (bicyclic) bond motifs is 1. The monoisotopic (exact) mass is 247 g/mol. The van der Waals surface area contributed by atoms with Crippen LogP contribution in [0, 0.1) is 0 Å². The molecule has 18 heavy (non-hydrogen) atoms. The van der Waals surface area contributed by atoms with Crippen LogP contribution in [-0.2, 0) is 6.42 Å². The Hall–Kier alpha value is -1.59. The topological polar surface area (TPSA) is 61.3 Å². The fraction of sp³-hybridized carbons (Fsp3) is 0.462. The highest BCUT2D eigenvalue weighted by molar-refractivity contribution is 5.72. The summed E-state index contributed by atoms with van der Waals surface area (Å²) in [6.07, 6.45) is 0.954. The molecule has 0 bridgehead atoms. The second kappa shape index (κ2) is 4.59. The third kappa shape index (κ3) is 2.32. The first-order valence-corrected chi connectivity index (χ1v) is 6.24. The van der Waals surface area contributed by atoms with Gasteiger partial charge in [0.25, 0.3) is 0 Å². The Balaban J connectivity index is 1.79. The number of nitrogens with one attached hydrogen (secondary N) is 2. The highest BCUT2D eigenvalue weighted by Gasteiger charge is 2.16. The number of piperazine rings is 1. The molecule has 3 rings (SSSR count). The van der Waals surface area contributed by atoms with Crippen molar-refractivity contribution in [3.8, 4) is 0 Å². The first kappa shape index (κ1) is 11.5. The predicted octanol–water partition coefficient (Wildman–Crippen LogP) is 0.567. The van der Waals surface area contributed by atoms with E-state index < -0.39 is 5.76 Å². The van der Waals surface area contributed by atoms with E-state index >= 15 is 0 Å². The molecule has 0 spiro atoms. The number of aromatic nitrogens is 1. The van der Waals surface area contributed by atoms with Crippen LogP contribution in [0.2, 0.25) is 0 Å². The van der Waals surface area contributed by atoms with E-state index in [2.05, 4.69) is 22.2 Å². The number of hydrogen-bond acceptors (Lipinski definition) is 4. The summed E-state index contributed by atoms with van der Waals surface area (Å²) in [5, 5.41) is 3.51. The van der Waals surface area contributed by atoms with E-state index in [1.165, 1.54) is 5.56 Å². The zero-order valence-electron chi connectivity index (χ0n) is 10.4. The van der Waals surface area contributed by atoms with Crippen molar-refractivity contribution < 1.29 is 4.42 Å². The highest BCUT2D eigenvalue weighted by atomic mass is 16.4. The summed E-state index contributed by atoms with van der Waals surface area (Å²) in [5.74, 6) is -0.391. The first-order valence-electron chi connectivity index (χ1n) is 6.24. The van der Waals surface area contributed by atoms with Crippen LogP contribution in [0.25, 0.3) is 11.1 Å². The summed E-state index contributed by atoms with van der Waals surface area (Å²) in [5.41, 5.74) is 2.59. The molecule has 1 aromatic carbocycles. The zero-order chi connectivity index (χ0) is 12.5. The van der Waals surface area contributed by atoms with Crippen LogP contribution in [0.15, 0.2) is 27.4 Å². The SMILES string of the molecule is CN1CCNC(Cc2ccc3[nH]c(=O)oc3c2)C1. The number of oxazole rings is 1. The molecule has 1 aliphatic heterocycles. The molecule has 0 amide bonds. The van der Waals surface area contributed by atoms with Crippen molar-refractivity contribution >= 4 is 11.1 Å². The van der Waals surface area contributed by atoms with Gasteiger partial charge < -0.3 is 14.6 Å². The molecule has 2 heterocycles. The van der Waals surface area contributed by atoms with Crippen LogP contribution in [-0.4, -0.2) is 42.6 Å². The smallest absolute Gasteiger partial charge is 0.408 e. The molecule has 0 saturated carbocycles. The second-order valence-electron chi connectivity index (χ2n) is 4.96. The van der Waals surface area contributed by atoms with Crippen molar-refractivity contribution in [2.24, 2.45) is 0 Å². The Bertz CT molecular complexity index is 602. The van der Waals surface area contributed by atoms with Gasteiger partial charge >= 0.3 is 5.76 Å². The van der Waals surface area contributed by atoms with E-state index in [1.807, 2.05) is 18.2 Å². The summed E-state index contributed by atoms with van der Waals surface area (Å²) < 4.78 is 5.08. The van der Waals surface area contributed by atoms with Crippen LogP contribution >= 0.6 is 0 Å². The normalized spacial score (nSPS) is 21.5. The van der Waals surface area contributed by atoms with Crippen molar-refractivity contribution in [1.29, 1.82) is 0 Å². The number of H-pyrrole nitrogens is 1. The van der Waals surface area contributed by atoms with Gasteiger partial charge in [-0.1, -0.05) is 6.07 Å². The predicted molar refractivity (Wildman–Crippen MR) is 69.8 cm³/mol. The number of rotatable bonds is 2. The van der Waals surface area contributed by atoms with Crippen LogP contribution < -0.4 is 11.1 Å². The minimum atomic E-state index is -0.391. The third-order valence-electron chi connectivity index (χ3n) is 3.43. The molecule has 1 atom stereocenters. The van der Waals surface area contributed by atoms with E-state index in [0.717, 1.165) is 31.6 Å². The average molecular weight is 247 g/mol. The van der Waals surface area contributed by atoms with E-state index in [1.54, 1.807) is 0 Å². The number of aromatic amines is 1. The molecular weight excluding hydrogens is 230 g/mol. The van der Waals surface area contributed by atoms with Gasteiger partial charge in [0.15, 0.2) is 5.58 Å². The molecule has 0 aliphatic carbocycles. The van der Waals surface area contributed by atoms with Gasteiger partial charge in [-0.25, -0.2) is 4.79 Å². The Labute approximate surface area is 105 Å². The molecule has 1 unspecified atom stereocenters. The van der Waals surface area contributed by atoms with Crippen molar-refractivity contribution in [3.63, 3.8) is 0 Å². The van der Waals surface area contributed by atoms with Gasteiger partial charge in [-0.15, -0.1) is 0 Å². The van der Waals surface area contributed by atoms with E-state index in [-0.39, 0.29) is 0 Å². The summed E-state index contributed by atoms with van der Waals surface area (Å²) in [6, 6.07) is 6.36. The van der Waals surface area contributed by atoms with Gasteiger partial charge in [-0.2, -0.15) is 0 Å². The molecular formula is C13H17N3O2. The number of hydrogen-bond donors (Lipinski definition) is 2. The van der Waals surface area contributed by atoms with E-state index in [4.69, 9.17) is 4.42 Å². The van der Waals surface area contributed by atoms with Crippen LogP contribution in [0.5, 0.6) is 0 Å². The van der Waals surface area contributed by atoms with Gasteiger partial charge in [0.1, 0.15) is 0 Å².